The van der Waals surface area contributed by atoms with E-state index in [1.54, 1.807) is 28.4 Å². The summed E-state index contributed by atoms with van der Waals surface area (Å²) >= 11 is 7.48. The van der Waals surface area contributed by atoms with Crippen LogP contribution in [0.1, 0.15) is 17.4 Å². The van der Waals surface area contributed by atoms with Crippen molar-refractivity contribution >= 4 is 40.4 Å². The van der Waals surface area contributed by atoms with Crippen molar-refractivity contribution in [2.45, 2.75) is 12.5 Å². The van der Waals surface area contributed by atoms with Gasteiger partial charge in [-0.3, -0.25) is 14.5 Å². The molecule has 2 atom stereocenters. The molecular formula is C21H24ClN3O3S. The van der Waals surface area contributed by atoms with Crippen molar-refractivity contribution in [1.82, 2.24) is 9.80 Å². The molecule has 0 saturated carbocycles. The largest absolute Gasteiger partial charge is 0.386 e. The molecule has 3 heterocycles. The Morgan fingerprint density at radius 2 is 1.90 bits per heavy atom. The Hall–Kier alpha value is -1.93. The van der Waals surface area contributed by atoms with Gasteiger partial charge in [0, 0.05) is 61.3 Å². The second-order valence-corrected chi connectivity index (χ2v) is 8.95. The zero-order valence-corrected chi connectivity index (χ0v) is 17.6. The summed E-state index contributed by atoms with van der Waals surface area (Å²) in [6, 6.07) is 11.0. The molecule has 0 aliphatic carbocycles. The maximum absolute atomic E-state index is 13.0. The van der Waals surface area contributed by atoms with Crippen LogP contribution in [0.5, 0.6) is 0 Å². The molecule has 2 fully saturated rings. The van der Waals surface area contributed by atoms with Crippen LogP contribution in [0, 0.1) is 5.92 Å². The lowest BCUT2D eigenvalue weighted by atomic mass is 10.1. The van der Waals surface area contributed by atoms with Crippen molar-refractivity contribution in [2.75, 3.05) is 44.2 Å². The number of amides is 2. The predicted molar refractivity (Wildman–Crippen MR) is 114 cm³/mol. The molecule has 6 nitrogen and oxygen atoms in total. The molecule has 0 radical (unpaired) electrons. The number of halogens is 1. The molecule has 2 unspecified atom stereocenters. The Bertz CT molecular complexity index is 851. The fourth-order valence-corrected chi connectivity index (χ4v) is 4.80. The molecule has 0 bridgehead atoms. The van der Waals surface area contributed by atoms with E-state index in [0.29, 0.717) is 31.2 Å². The zero-order valence-electron chi connectivity index (χ0n) is 16.0. The van der Waals surface area contributed by atoms with Gasteiger partial charge in [-0.1, -0.05) is 17.7 Å². The molecule has 2 amide bonds. The van der Waals surface area contributed by atoms with Crippen molar-refractivity contribution in [3.63, 3.8) is 0 Å². The van der Waals surface area contributed by atoms with Crippen LogP contribution < -0.4 is 4.90 Å². The lowest BCUT2D eigenvalue weighted by molar-refractivity contribution is -0.137. The zero-order chi connectivity index (χ0) is 20.4. The van der Waals surface area contributed by atoms with Crippen LogP contribution in [0.3, 0.4) is 0 Å². The summed E-state index contributed by atoms with van der Waals surface area (Å²) in [4.78, 5) is 32.1. The predicted octanol–water partition coefficient (Wildman–Crippen LogP) is 2.63. The Kier molecular flexibility index (Phi) is 6.20. The van der Waals surface area contributed by atoms with Crippen molar-refractivity contribution < 1.29 is 14.7 Å². The fraction of sp³-hybridized carbons (Fsp3) is 0.429. The monoisotopic (exact) mass is 433 g/mol. The maximum atomic E-state index is 13.0. The van der Waals surface area contributed by atoms with Crippen LogP contribution in [0.2, 0.25) is 5.02 Å². The third-order valence-electron chi connectivity index (χ3n) is 5.60. The highest BCUT2D eigenvalue weighted by atomic mass is 35.5. The van der Waals surface area contributed by atoms with Crippen molar-refractivity contribution in [1.29, 1.82) is 0 Å². The molecule has 1 N–H and O–H groups in total. The first-order valence-electron chi connectivity index (χ1n) is 9.80. The van der Waals surface area contributed by atoms with Gasteiger partial charge in [-0.2, -0.15) is 0 Å². The van der Waals surface area contributed by atoms with Gasteiger partial charge in [0.2, 0.25) is 11.8 Å². The number of aliphatic hydroxyl groups is 1. The molecule has 4 rings (SSSR count). The number of benzene rings is 1. The number of carbonyl (C=O) groups is 2. The van der Waals surface area contributed by atoms with Gasteiger partial charge in [0.1, 0.15) is 6.10 Å². The summed E-state index contributed by atoms with van der Waals surface area (Å²) in [6.07, 6.45) is -0.240. The number of nitrogens with zero attached hydrogens (tertiary/aromatic N) is 3. The molecule has 0 spiro atoms. The molecule has 2 aromatic rings. The standard InChI is InChI=1S/C21H24ClN3O3S/c22-16-3-5-17(6-4-16)25-13-15(12-20(25)27)21(28)24-9-7-23(8-10-24)14-18(26)19-2-1-11-29-19/h1-6,11,15,18,26H,7-10,12-14H2. The van der Waals surface area contributed by atoms with E-state index >= 15 is 0 Å². The number of piperazine rings is 1. The van der Waals surface area contributed by atoms with Crippen LogP contribution in [-0.2, 0) is 9.59 Å². The lowest BCUT2D eigenvalue weighted by Gasteiger charge is -2.36. The minimum absolute atomic E-state index is 0.0246. The van der Waals surface area contributed by atoms with Gasteiger partial charge in [0.15, 0.2) is 0 Å². The Balaban J connectivity index is 1.29. The van der Waals surface area contributed by atoms with Crippen molar-refractivity contribution in [2.24, 2.45) is 5.92 Å². The molecule has 2 saturated heterocycles. The highest BCUT2D eigenvalue weighted by Crippen LogP contribution is 2.28. The summed E-state index contributed by atoms with van der Waals surface area (Å²) in [5, 5.41) is 12.9. The number of aliphatic hydroxyl groups excluding tert-OH is 1. The van der Waals surface area contributed by atoms with Crippen LogP contribution in [0.4, 0.5) is 5.69 Å². The van der Waals surface area contributed by atoms with Crippen LogP contribution in [0.25, 0.3) is 0 Å². The number of β-amino-alcohol motifs (C(OH)–C–C–N with tert-alkyl or cyclic N) is 1. The van der Waals surface area contributed by atoms with E-state index in [1.165, 1.54) is 0 Å². The third kappa shape index (κ3) is 4.64. The normalized spacial score (nSPS) is 21.6. The van der Waals surface area contributed by atoms with Gasteiger partial charge < -0.3 is 14.9 Å². The molecule has 2 aliphatic rings. The molecule has 1 aromatic carbocycles. The lowest BCUT2D eigenvalue weighted by Crippen LogP contribution is -2.51. The Morgan fingerprint density at radius 3 is 2.55 bits per heavy atom. The number of rotatable bonds is 5. The van der Waals surface area contributed by atoms with Gasteiger partial charge in [0.05, 0.1) is 5.92 Å². The van der Waals surface area contributed by atoms with Crippen molar-refractivity contribution in [3.05, 3.63) is 51.7 Å². The molecule has 154 valence electrons. The van der Waals surface area contributed by atoms with Gasteiger partial charge in [-0.05, 0) is 35.7 Å². The quantitative estimate of drug-likeness (QED) is 0.787. The highest BCUT2D eigenvalue weighted by Gasteiger charge is 2.38. The molecular weight excluding hydrogens is 410 g/mol. The van der Waals surface area contributed by atoms with Gasteiger partial charge in [-0.15, -0.1) is 11.3 Å². The third-order valence-corrected chi connectivity index (χ3v) is 6.82. The highest BCUT2D eigenvalue weighted by molar-refractivity contribution is 7.10. The van der Waals surface area contributed by atoms with E-state index < -0.39 is 6.10 Å². The SMILES string of the molecule is O=C(C1CC(=O)N(c2ccc(Cl)cc2)C1)N1CCN(CC(O)c2cccs2)CC1. The summed E-state index contributed by atoms with van der Waals surface area (Å²) in [5.41, 5.74) is 0.780. The number of thiophene rings is 1. The average Bonchev–Trinajstić information content (AvgIpc) is 3.39. The van der Waals surface area contributed by atoms with E-state index in [0.717, 1.165) is 23.7 Å². The number of carbonyl (C=O) groups excluding carboxylic acids is 2. The molecule has 8 heteroatoms. The van der Waals surface area contributed by atoms with Crippen LogP contribution in [-0.4, -0.2) is 66.0 Å². The van der Waals surface area contributed by atoms with E-state index in [2.05, 4.69) is 4.90 Å². The first kappa shape index (κ1) is 20.3. The summed E-state index contributed by atoms with van der Waals surface area (Å²) in [7, 11) is 0. The number of hydrogen-bond acceptors (Lipinski definition) is 5. The van der Waals surface area contributed by atoms with E-state index in [-0.39, 0.29) is 24.2 Å². The van der Waals surface area contributed by atoms with Crippen LogP contribution in [0.15, 0.2) is 41.8 Å². The Morgan fingerprint density at radius 1 is 1.17 bits per heavy atom. The Labute approximate surface area is 179 Å². The maximum Gasteiger partial charge on any atom is 0.228 e. The second-order valence-electron chi connectivity index (χ2n) is 7.54. The van der Waals surface area contributed by atoms with E-state index in [4.69, 9.17) is 11.6 Å². The smallest absolute Gasteiger partial charge is 0.228 e. The van der Waals surface area contributed by atoms with Gasteiger partial charge in [0.25, 0.3) is 0 Å². The van der Waals surface area contributed by atoms with Gasteiger partial charge in [-0.25, -0.2) is 0 Å². The summed E-state index contributed by atoms with van der Waals surface area (Å²) < 4.78 is 0. The summed E-state index contributed by atoms with van der Waals surface area (Å²) in [6.45, 7) is 3.71. The minimum Gasteiger partial charge on any atom is -0.386 e. The minimum atomic E-state index is -0.488. The fourth-order valence-electron chi connectivity index (χ4n) is 3.97. The van der Waals surface area contributed by atoms with E-state index in [9.17, 15) is 14.7 Å². The molecule has 29 heavy (non-hydrogen) atoms. The molecule has 2 aliphatic heterocycles. The number of hydrogen-bond donors (Lipinski definition) is 1. The van der Waals surface area contributed by atoms with Gasteiger partial charge >= 0.3 is 0 Å². The first-order valence-corrected chi connectivity index (χ1v) is 11.1. The average molecular weight is 434 g/mol. The number of anilines is 1. The first-order chi connectivity index (χ1) is 14.0. The molecule has 1 aromatic heterocycles. The van der Waals surface area contributed by atoms with E-state index in [1.807, 2.05) is 34.5 Å². The van der Waals surface area contributed by atoms with Crippen LogP contribution >= 0.6 is 22.9 Å². The summed E-state index contributed by atoms with van der Waals surface area (Å²) in [5.74, 6) is -0.280. The second kappa shape index (κ2) is 8.83. The van der Waals surface area contributed by atoms with Crippen molar-refractivity contribution in [3.8, 4) is 0 Å². The topological polar surface area (TPSA) is 64.1 Å².